The van der Waals surface area contributed by atoms with Crippen LogP contribution in [0.2, 0.25) is 0 Å². The van der Waals surface area contributed by atoms with Crippen molar-refractivity contribution < 1.29 is 13.6 Å². The van der Waals surface area contributed by atoms with Crippen LogP contribution in [-0.4, -0.2) is 19.9 Å². The lowest BCUT2D eigenvalue weighted by Gasteiger charge is -2.29. The maximum Gasteiger partial charge on any atom is 0.333 e. The first kappa shape index (κ1) is 11.2. The van der Waals surface area contributed by atoms with Gasteiger partial charge in [0.05, 0.1) is 5.66 Å². The Bertz CT molecular complexity index is 189. The molecule has 0 amide bonds. The summed E-state index contributed by atoms with van der Waals surface area (Å²) in [7, 11) is 0.107. The smallest absolute Gasteiger partial charge is 0.312 e. The van der Waals surface area contributed by atoms with Crippen molar-refractivity contribution in [2.75, 3.05) is 14.2 Å². The van der Waals surface area contributed by atoms with Gasteiger partial charge in [-0.05, 0) is 31.6 Å². The molecule has 1 aliphatic rings. The summed E-state index contributed by atoms with van der Waals surface area (Å²) in [4.78, 5) is 0. The highest BCUT2D eigenvalue weighted by Gasteiger charge is 2.35. The van der Waals surface area contributed by atoms with Crippen molar-refractivity contribution in [2.45, 2.75) is 31.3 Å². The molecule has 0 aromatic heterocycles. The molecule has 1 fully saturated rings. The molecule has 77 valence electrons. The fourth-order valence-electron chi connectivity index (χ4n) is 1.83. The molecule has 0 saturated heterocycles. The third-order valence-electron chi connectivity index (χ3n) is 2.77. The van der Waals surface area contributed by atoms with Gasteiger partial charge >= 0.3 is 7.60 Å². The highest BCUT2D eigenvalue weighted by Crippen LogP contribution is 2.56. The molecule has 1 rings (SSSR count). The van der Waals surface area contributed by atoms with E-state index >= 15 is 0 Å². The SMILES string of the molecule is [CH2]C1CCC(P(=O)(OC)OC)CC1. The van der Waals surface area contributed by atoms with Crippen LogP contribution >= 0.6 is 7.60 Å². The molecule has 0 bridgehead atoms. The summed E-state index contributed by atoms with van der Waals surface area (Å²) in [6, 6.07) is 0. The second-order valence-corrected chi connectivity index (χ2v) is 6.12. The van der Waals surface area contributed by atoms with Crippen molar-refractivity contribution in [2.24, 2.45) is 5.92 Å². The second-order valence-electron chi connectivity index (χ2n) is 3.58. The fraction of sp³-hybridized carbons (Fsp3) is 0.889. The van der Waals surface area contributed by atoms with Gasteiger partial charge in [0.2, 0.25) is 0 Å². The summed E-state index contributed by atoms with van der Waals surface area (Å²) in [5, 5.41) is 0. The molecule has 0 heterocycles. The molecule has 0 atom stereocenters. The first-order valence-electron chi connectivity index (χ1n) is 4.66. The quantitative estimate of drug-likeness (QED) is 0.664. The maximum atomic E-state index is 11.9. The van der Waals surface area contributed by atoms with Crippen molar-refractivity contribution in [3.63, 3.8) is 0 Å². The predicted octanol–water partition coefficient (Wildman–Crippen LogP) is 2.87. The van der Waals surface area contributed by atoms with Crippen molar-refractivity contribution in [3.8, 4) is 0 Å². The molecule has 1 aliphatic carbocycles. The Morgan fingerprint density at radius 1 is 1.15 bits per heavy atom. The zero-order valence-corrected chi connectivity index (χ0v) is 9.26. The Morgan fingerprint density at radius 2 is 1.62 bits per heavy atom. The number of hydrogen-bond acceptors (Lipinski definition) is 3. The normalized spacial score (nSPS) is 30.4. The molecule has 1 radical (unpaired) electrons. The summed E-state index contributed by atoms with van der Waals surface area (Å²) < 4.78 is 21.9. The molecule has 1 saturated carbocycles. The van der Waals surface area contributed by atoms with E-state index in [2.05, 4.69) is 6.92 Å². The molecular formula is C9H18O3P. The van der Waals surface area contributed by atoms with Crippen molar-refractivity contribution in [1.29, 1.82) is 0 Å². The minimum atomic E-state index is -2.81. The van der Waals surface area contributed by atoms with E-state index in [1.807, 2.05) is 0 Å². The van der Waals surface area contributed by atoms with Gasteiger partial charge in [0.15, 0.2) is 0 Å². The van der Waals surface area contributed by atoms with E-state index in [1.54, 1.807) is 0 Å². The van der Waals surface area contributed by atoms with Crippen molar-refractivity contribution in [1.82, 2.24) is 0 Å². The van der Waals surface area contributed by atoms with Gasteiger partial charge in [0, 0.05) is 14.2 Å². The van der Waals surface area contributed by atoms with E-state index in [1.165, 1.54) is 14.2 Å². The lowest BCUT2D eigenvalue weighted by Crippen LogP contribution is -2.19. The van der Waals surface area contributed by atoms with Crippen LogP contribution in [-0.2, 0) is 13.6 Å². The molecule has 0 N–H and O–H groups in total. The summed E-state index contributed by atoms with van der Waals surface area (Å²) >= 11 is 0. The average Bonchev–Trinajstić information content (AvgIpc) is 2.18. The Labute approximate surface area is 80.3 Å². The van der Waals surface area contributed by atoms with Crippen LogP contribution in [0.4, 0.5) is 0 Å². The molecule has 0 unspecified atom stereocenters. The average molecular weight is 205 g/mol. The van der Waals surface area contributed by atoms with Gasteiger partial charge in [-0.3, -0.25) is 4.57 Å². The number of rotatable bonds is 3. The van der Waals surface area contributed by atoms with Gasteiger partial charge in [0.1, 0.15) is 0 Å². The first-order valence-corrected chi connectivity index (χ1v) is 6.28. The van der Waals surface area contributed by atoms with E-state index in [0.29, 0.717) is 5.92 Å². The molecule has 13 heavy (non-hydrogen) atoms. The van der Waals surface area contributed by atoms with Crippen LogP contribution in [0, 0.1) is 12.8 Å². The van der Waals surface area contributed by atoms with Gasteiger partial charge in [0.25, 0.3) is 0 Å². The van der Waals surface area contributed by atoms with E-state index in [4.69, 9.17) is 9.05 Å². The maximum absolute atomic E-state index is 11.9. The monoisotopic (exact) mass is 205 g/mol. The molecule has 0 spiro atoms. The van der Waals surface area contributed by atoms with Gasteiger partial charge in [-0.15, -0.1) is 0 Å². The van der Waals surface area contributed by atoms with Crippen LogP contribution in [0.5, 0.6) is 0 Å². The minimum Gasteiger partial charge on any atom is -0.312 e. The zero-order chi connectivity index (χ0) is 9.90. The van der Waals surface area contributed by atoms with Gasteiger partial charge in [-0.2, -0.15) is 0 Å². The van der Waals surface area contributed by atoms with E-state index in [9.17, 15) is 4.57 Å². The molecule has 0 aliphatic heterocycles. The molecule has 0 aromatic carbocycles. The second kappa shape index (κ2) is 4.59. The molecule has 3 nitrogen and oxygen atoms in total. The van der Waals surface area contributed by atoms with Crippen LogP contribution in [0.3, 0.4) is 0 Å². The Kier molecular flexibility index (Phi) is 3.96. The first-order chi connectivity index (χ1) is 6.12. The van der Waals surface area contributed by atoms with E-state index in [0.717, 1.165) is 25.7 Å². The Balaban J connectivity index is 2.56. The van der Waals surface area contributed by atoms with Crippen molar-refractivity contribution in [3.05, 3.63) is 6.92 Å². The van der Waals surface area contributed by atoms with Crippen LogP contribution in [0.15, 0.2) is 0 Å². The van der Waals surface area contributed by atoms with Crippen molar-refractivity contribution >= 4 is 7.60 Å². The Morgan fingerprint density at radius 3 is 2.00 bits per heavy atom. The molecular weight excluding hydrogens is 187 g/mol. The summed E-state index contributed by atoms with van der Waals surface area (Å²) in [5.41, 5.74) is 0.0838. The molecule has 4 heteroatoms. The third-order valence-corrected chi connectivity index (χ3v) is 5.20. The predicted molar refractivity (Wildman–Crippen MR) is 52.7 cm³/mol. The topological polar surface area (TPSA) is 35.5 Å². The zero-order valence-electron chi connectivity index (χ0n) is 8.36. The standard InChI is InChI=1S/C9H18O3P/c1-8-4-6-9(7-5-8)13(10,11-2)12-3/h8-9H,1,4-7H2,2-3H3. The Hall–Kier alpha value is 0.150. The van der Waals surface area contributed by atoms with Gasteiger partial charge in [-0.25, -0.2) is 0 Å². The highest BCUT2D eigenvalue weighted by atomic mass is 31.2. The molecule has 0 aromatic rings. The lowest BCUT2D eigenvalue weighted by atomic mass is 9.91. The van der Waals surface area contributed by atoms with Gasteiger partial charge < -0.3 is 9.05 Å². The third kappa shape index (κ3) is 2.55. The van der Waals surface area contributed by atoms with Crippen LogP contribution in [0.1, 0.15) is 25.7 Å². The van der Waals surface area contributed by atoms with Crippen LogP contribution in [0.25, 0.3) is 0 Å². The van der Waals surface area contributed by atoms with Crippen LogP contribution < -0.4 is 0 Å². The summed E-state index contributed by atoms with van der Waals surface area (Å²) in [5.74, 6) is 0.512. The van der Waals surface area contributed by atoms with Gasteiger partial charge in [-0.1, -0.05) is 6.92 Å². The fourth-order valence-corrected chi connectivity index (χ4v) is 3.51. The van der Waals surface area contributed by atoms with E-state index < -0.39 is 7.60 Å². The summed E-state index contributed by atoms with van der Waals surface area (Å²) in [6.07, 6.45) is 3.88. The highest BCUT2D eigenvalue weighted by molar-refractivity contribution is 7.54. The van der Waals surface area contributed by atoms with E-state index in [-0.39, 0.29) is 5.66 Å². The number of hydrogen-bond donors (Lipinski definition) is 0. The summed E-state index contributed by atoms with van der Waals surface area (Å²) in [6.45, 7) is 3.99. The largest absolute Gasteiger partial charge is 0.333 e. The lowest BCUT2D eigenvalue weighted by molar-refractivity contribution is 0.250. The minimum absolute atomic E-state index is 0.0838.